The van der Waals surface area contributed by atoms with Crippen molar-refractivity contribution in [2.24, 2.45) is 5.92 Å². The van der Waals surface area contributed by atoms with Crippen LogP contribution < -0.4 is 5.32 Å². The summed E-state index contributed by atoms with van der Waals surface area (Å²) in [5.41, 5.74) is 1.65. The first kappa shape index (κ1) is 14.2. The van der Waals surface area contributed by atoms with E-state index in [0.717, 1.165) is 12.0 Å². The van der Waals surface area contributed by atoms with Crippen molar-refractivity contribution in [3.05, 3.63) is 28.8 Å². The summed E-state index contributed by atoms with van der Waals surface area (Å²) < 4.78 is 0. The maximum atomic E-state index is 12.1. The van der Waals surface area contributed by atoms with Gasteiger partial charge in [0.05, 0.1) is 16.8 Å². The number of aliphatic hydroxyl groups excluding tert-OH is 1. The summed E-state index contributed by atoms with van der Waals surface area (Å²) in [5.74, 6) is 0.243. The number of hydrogen-bond acceptors (Lipinski definition) is 2. The Morgan fingerprint density at radius 3 is 2.89 bits per heavy atom. The normalized spacial score (nSPS) is 23.3. The van der Waals surface area contributed by atoms with E-state index in [-0.39, 0.29) is 11.9 Å². The van der Waals surface area contributed by atoms with Crippen molar-refractivity contribution in [2.75, 3.05) is 18.4 Å². The Morgan fingerprint density at radius 1 is 1.53 bits per heavy atom. The first-order valence-electron chi connectivity index (χ1n) is 6.47. The molecule has 1 fully saturated rings. The van der Waals surface area contributed by atoms with E-state index >= 15 is 0 Å². The van der Waals surface area contributed by atoms with E-state index in [0.29, 0.717) is 23.8 Å². The first-order chi connectivity index (χ1) is 8.97. The minimum atomic E-state index is -0.451. The number of carbonyl (C=O) groups excluding carboxylic acids is 1. The van der Waals surface area contributed by atoms with Crippen LogP contribution in [-0.2, 0) is 0 Å². The highest BCUT2D eigenvalue weighted by atomic mass is 35.5. The molecule has 1 aliphatic rings. The number of amides is 2. The number of aryl methyl sites for hydroxylation is 1. The Hall–Kier alpha value is -1.26. The number of piperidine rings is 1. The summed E-state index contributed by atoms with van der Waals surface area (Å²) in [6.45, 7) is 4.97. The number of aliphatic hydroxyl groups is 1. The topological polar surface area (TPSA) is 52.6 Å². The van der Waals surface area contributed by atoms with E-state index in [4.69, 9.17) is 11.6 Å². The van der Waals surface area contributed by atoms with Crippen LogP contribution in [0.5, 0.6) is 0 Å². The number of likely N-dealkylation sites (tertiary alicyclic amines) is 1. The van der Waals surface area contributed by atoms with Crippen LogP contribution in [0, 0.1) is 12.8 Å². The lowest BCUT2D eigenvalue weighted by atomic mass is 9.96. The predicted octanol–water partition coefficient (Wildman–Crippen LogP) is 2.88. The van der Waals surface area contributed by atoms with Gasteiger partial charge in [0.15, 0.2) is 0 Å². The van der Waals surface area contributed by atoms with Gasteiger partial charge in [0, 0.05) is 13.1 Å². The van der Waals surface area contributed by atoms with Gasteiger partial charge in [0.2, 0.25) is 0 Å². The second kappa shape index (κ2) is 5.80. The minimum Gasteiger partial charge on any atom is -0.391 e. The number of nitrogens with one attached hydrogen (secondary N) is 1. The number of anilines is 1. The molecule has 2 unspecified atom stereocenters. The average molecular weight is 283 g/mol. The largest absolute Gasteiger partial charge is 0.391 e. The number of nitrogens with zero attached hydrogens (tertiary/aromatic N) is 1. The van der Waals surface area contributed by atoms with Crippen molar-refractivity contribution in [3.63, 3.8) is 0 Å². The van der Waals surface area contributed by atoms with E-state index in [9.17, 15) is 9.90 Å². The molecule has 4 nitrogen and oxygen atoms in total. The highest BCUT2D eigenvalue weighted by molar-refractivity contribution is 6.33. The molecule has 2 amide bonds. The monoisotopic (exact) mass is 282 g/mol. The van der Waals surface area contributed by atoms with E-state index in [1.807, 2.05) is 26.0 Å². The molecule has 0 bridgehead atoms. The molecular formula is C14H19ClN2O2. The molecule has 104 valence electrons. The molecule has 2 N–H and O–H groups in total. The zero-order valence-electron chi connectivity index (χ0n) is 11.2. The zero-order chi connectivity index (χ0) is 14.0. The molecule has 1 saturated heterocycles. The highest BCUT2D eigenvalue weighted by Crippen LogP contribution is 2.24. The standard InChI is InChI=1S/C14H19ClN2O2/c1-9-3-4-12(11(15)7-9)16-14(19)17-6-5-10(2)13(18)8-17/h3-4,7,10,13,18H,5-6,8H2,1-2H3,(H,16,19). The first-order valence-corrected chi connectivity index (χ1v) is 6.85. The predicted molar refractivity (Wildman–Crippen MR) is 76.6 cm³/mol. The molecule has 2 atom stereocenters. The van der Waals surface area contributed by atoms with E-state index in [1.165, 1.54) is 0 Å². The van der Waals surface area contributed by atoms with E-state index in [2.05, 4.69) is 5.32 Å². The lowest BCUT2D eigenvalue weighted by molar-refractivity contribution is 0.0464. The van der Waals surface area contributed by atoms with Crippen LogP contribution in [0.25, 0.3) is 0 Å². The molecular weight excluding hydrogens is 264 g/mol. The molecule has 1 aromatic rings. The Labute approximate surface area is 118 Å². The van der Waals surface area contributed by atoms with E-state index in [1.54, 1.807) is 11.0 Å². The maximum Gasteiger partial charge on any atom is 0.321 e. The van der Waals surface area contributed by atoms with Crippen LogP contribution in [0.1, 0.15) is 18.9 Å². The van der Waals surface area contributed by atoms with Crippen molar-refractivity contribution in [2.45, 2.75) is 26.4 Å². The molecule has 0 aliphatic carbocycles. The molecule has 0 spiro atoms. The van der Waals surface area contributed by atoms with Crippen LogP contribution in [-0.4, -0.2) is 35.2 Å². The Kier molecular flexibility index (Phi) is 4.32. The number of urea groups is 1. The third-order valence-electron chi connectivity index (χ3n) is 3.57. The van der Waals surface area contributed by atoms with Crippen LogP contribution in [0.15, 0.2) is 18.2 Å². The van der Waals surface area contributed by atoms with Gasteiger partial charge in [-0.3, -0.25) is 0 Å². The van der Waals surface area contributed by atoms with Crippen molar-refractivity contribution < 1.29 is 9.90 Å². The summed E-state index contributed by atoms with van der Waals surface area (Å²) >= 11 is 6.08. The number of carbonyl (C=O) groups is 1. The van der Waals surface area contributed by atoms with Crippen LogP contribution in [0.3, 0.4) is 0 Å². The SMILES string of the molecule is Cc1ccc(NC(=O)N2CCC(C)C(O)C2)c(Cl)c1. The maximum absolute atomic E-state index is 12.1. The Balaban J connectivity index is 2.01. The Morgan fingerprint density at radius 2 is 2.26 bits per heavy atom. The Bertz CT molecular complexity index is 479. The lowest BCUT2D eigenvalue weighted by Crippen LogP contribution is -2.47. The molecule has 19 heavy (non-hydrogen) atoms. The fourth-order valence-corrected chi connectivity index (χ4v) is 2.43. The van der Waals surface area contributed by atoms with Gasteiger partial charge < -0.3 is 15.3 Å². The number of benzene rings is 1. The molecule has 2 rings (SSSR count). The summed E-state index contributed by atoms with van der Waals surface area (Å²) in [7, 11) is 0. The van der Waals surface area contributed by atoms with Crippen LogP contribution >= 0.6 is 11.6 Å². The molecule has 0 saturated carbocycles. The molecule has 0 radical (unpaired) electrons. The number of halogens is 1. The van der Waals surface area contributed by atoms with Crippen molar-refractivity contribution >= 4 is 23.3 Å². The number of rotatable bonds is 1. The lowest BCUT2D eigenvalue weighted by Gasteiger charge is -2.34. The molecule has 1 heterocycles. The van der Waals surface area contributed by atoms with Gasteiger partial charge in [-0.25, -0.2) is 4.79 Å². The zero-order valence-corrected chi connectivity index (χ0v) is 11.9. The van der Waals surface area contributed by atoms with Gasteiger partial charge >= 0.3 is 6.03 Å². The van der Waals surface area contributed by atoms with Gasteiger partial charge in [0.25, 0.3) is 0 Å². The van der Waals surface area contributed by atoms with Gasteiger partial charge in [-0.15, -0.1) is 0 Å². The third-order valence-corrected chi connectivity index (χ3v) is 3.88. The van der Waals surface area contributed by atoms with Crippen molar-refractivity contribution in [1.29, 1.82) is 0 Å². The number of hydrogen-bond donors (Lipinski definition) is 2. The van der Waals surface area contributed by atoms with Crippen LogP contribution in [0.4, 0.5) is 10.5 Å². The van der Waals surface area contributed by atoms with Crippen molar-refractivity contribution in [1.82, 2.24) is 4.90 Å². The average Bonchev–Trinajstić information content (AvgIpc) is 2.36. The molecule has 5 heteroatoms. The van der Waals surface area contributed by atoms with Crippen molar-refractivity contribution in [3.8, 4) is 0 Å². The quantitative estimate of drug-likeness (QED) is 0.832. The van der Waals surface area contributed by atoms with Gasteiger partial charge in [-0.1, -0.05) is 24.6 Å². The van der Waals surface area contributed by atoms with Gasteiger partial charge in [-0.2, -0.15) is 0 Å². The molecule has 1 aromatic carbocycles. The van der Waals surface area contributed by atoms with Crippen LogP contribution in [0.2, 0.25) is 5.02 Å². The summed E-state index contributed by atoms with van der Waals surface area (Å²) in [6, 6.07) is 5.29. The van der Waals surface area contributed by atoms with E-state index < -0.39 is 6.10 Å². The molecule has 0 aromatic heterocycles. The highest BCUT2D eigenvalue weighted by Gasteiger charge is 2.27. The summed E-state index contributed by atoms with van der Waals surface area (Å²) in [5, 5.41) is 13.1. The number of β-amino-alcohol motifs (C(OH)–C–C–N with tert-alkyl or cyclic N) is 1. The van der Waals surface area contributed by atoms with Gasteiger partial charge in [-0.05, 0) is 37.0 Å². The smallest absolute Gasteiger partial charge is 0.321 e. The summed E-state index contributed by atoms with van der Waals surface area (Å²) in [4.78, 5) is 13.7. The second-order valence-corrected chi connectivity index (χ2v) is 5.60. The fourth-order valence-electron chi connectivity index (χ4n) is 2.15. The fraction of sp³-hybridized carbons (Fsp3) is 0.500. The third kappa shape index (κ3) is 3.39. The second-order valence-electron chi connectivity index (χ2n) is 5.19. The molecule has 1 aliphatic heterocycles. The summed E-state index contributed by atoms with van der Waals surface area (Å²) in [6.07, 6.45) is 0.365. The van der Waals surface area contributed by atoms with Gasteiger partial charge in [0.1, 0.15) is 0 Å². The minimum absolute atomic E-state index is 0.211.